The fraction of sp³-hybridized carbons (Fsp3) is 0.462. The fourth-order valence-electron chi connectivity index (χ4n) is 4.54. The molecule has 204 valence electrons. The van der Waals surface area contributed by atoms with Gasteiger partial charge in [-0.1, -0.05) is 28.4 Å². The topological polar surface area (TPSA) is 113 Å². The van der Waals surface area contributed by atoms with Crippen LogP contribution in [0.2, 0.25) is 0 Å². The molecule has 1 saturated heterocycles. The Bertz CT molecular complexity index is 1210. The van der Waals surface area contributed by atoms with Crippen molar-refractivity contribution in [3.63, 3.8) is 0 Å². The average Bonchev–Trinajstić information content (AvgIpc) is 3.42. The summed E-state index contributed by atoms with van der Waals surface area (Å²) in [5.74, 6) is -1.15. The van der Waals surface area contributed by atoms with E-state index in [1.54, 1.807) is 19.2 Å². The van der Waals surface area contributed by atoms with E-state index in [4.69, 9.17) is 19.6 Å². The SMILES string of the molecule is CCOC(=O)C1=C(CN2CCO[C@@H](CCCCC(=O)O)C2)NC(c2nccs2)=N[C@H]1c1ccc(F)cc1Br. The second-order valence-electron chi connectivity index (χ2n) is 8.99. The van der Waals surface area contributed by atoms with Gasteiger partial charge in [0.2, 0.25) is 0 Å². The summed E-state index contributed by atoms with van der Waals surface area (Å²) in [5.41, 5.74) is 1.65. The normalized spacial score (nSPS) is 20.1. The lowest BCUT2D eigenvalue weighted by Crippen LogP contribution is -2.46. The summed E-state index contributed by atoms with van der Waals surface area (Å²) in [4.78, 5) is 35.6. The summed E-state index contributed by atoms with van der Waals surface area (Å²) in [6, 6.07) is 3.60. The molecule has 3 heterocycles. The van der Waals surface area contributed by atoms with E-state index in [2.05, 4.69) is 31.1 Å². The first kappa shape index (κ1) is 28.3. The van der Waals surface area contributed by atoms with Gasteiger partial charge in [-0.15, -0.1) is 11.3 Å². The molecular formula is C26H30BrFN4O5S. The van der Waals surface area contributed by atoms with Crippen molar-refractivity contribution in [2.75, 3.05) is 32.8 Å². The van der Waals surface area contributed by atoms with Crippen molar-refractivity contribution in [3.05, 3.63) is 61.9 Å². The number of rotatable bonds is 11. The van der Waals surface area contributed by atoms with Crippen molar-refractivity contribution < 1.29 is 28.6 Å². The molecule has 0 saturated carbocycles. The lowest BCUT2D eigenvalue weighted by Gasteiger charge is -2.35. The van der Waals surface area contributed by atoms with Crippen molar-refractivity contribution in [2.24, 2.45) is 4.99 Å². The highest BCUT2D eigenvalue weighted by Crippen LogP contribution is 2.37. The number of morpholine rings is 1. The minimum atomic E-state index is -0.793. The first-order valence-corrected chi connectivity index (χ1v) is 14.2. The molecule has 2 N–H and O–H groups in total. The van der Waals surface area contributed by atoms with Crippen molar-refractivity contribution in [1.29, 1.82) is 0 Å². The molecule has 0 bridgehead atoms. The van der Waals surface area contributed by atoms with E-state index in [0.29, 0.717) is 64.8 Å². The predicted octanol–water partition coefficient (Wildman–Crippen LogP) is 4.30. The van der Waals surface area contributed by atoms with Gasteiger partial charge >= 0.3 is 11.9 Å². The summed E-state index contributed by atoms with van der Waals surface area (Å²) in [6.45, 7) is 4.21. The predicted molar refractivity (Wildman–Crippen MR) is 145 cm³/mol. The number of hydrogen-bond donors (Lipinski definition) is 2. The number of nitrogens with zero attached hydrogens (tertiary/aromatic N) is 3. The number of unbranched alkanes of at least 4 members (excludes halogenated alkanes) is 1. The number of amidine groups is 1. The third-order valence-corrected chi connectivity index (χ3v) is 7.75. The first-order chi connectivity index (χ1) is 18.4. The average molecular weight is 610 g/mol. The number of benzene rings is 1. The minimum absolute atomic E-state index is 0.0260. The Morgan fingerprint density at radius 3 is 2.92 bits per heavy atom. The summed E-state index contributed by atoms with van der Waals surface area (Å²) in [6.07, 6.45) is 3.95. The van der Waals surface area contributed by atoms with Crippen LogP contribution in [0.3, 0.4) is 0 Å². The second-order valence-corrected chi connectivity index (χ2v) is 10.7. The second kappa shape index (κ2) is 13.4. The monoisotopic (exact) mass is 608 g/mol. The Morgan fingerprint density at radius 2 is 2.21 bits per heavy atom. The van der Waals surface area contributed by atoms with Crippen LogP contribution in [0.15, 0.2) is 50.5 Å². The maximum absolute atomic E-state index is 13.9. The van der Waals surface area contributed by atoms with E-state index >= 15 is 0 Å². The number of aliphatic imine (C=N–C) groups is 1. The molecule has 0 aliphatic carbocycles. The lowest BCUT2D eigenvalue weighted by atomic mass is 9.95. The highest BCUT2D eigenvalue weighted by Gasteiger charge is 2.35. The van der Waals surface area contributed by atoms with Crippen molar-refractivity contribution in [3.8, 4) is 0 Å². The van der Waals surface area contributed by atoms with Gasteiger partial charge in [-0.3, -0.25) is 14.7 Å². The number of aromatic nitrogens is 1. The molecular weight excluding hydrogens is 579 g/mol. The number of carboxylic acids is 1. The number of carbonyl (C=O) groups is 2. The van der Waals surface area contributed by atoms with E-state index < -0.39 is 23.8 Å². The largest absolute Gasteiger partial charge is 0.481 e. The van der Waals surface area contributed by atoms with Gasteiger partial charge in [0.1, 0.15) is 11.9 Å². The number of ether oxygens (including phenoxy) is 2. The molecule has 1 aromatic carbocycles. The third kappa shape index (κ3) is 7.25. The Morgan fingerprint density at radius 1 is 1.37 bits per heavy atom. The van der Waals surface area contributed by atoms with Crippen LogP contribution in [-0.2, 0) is 19.1 Å². The van der Waals surface area contributed by atoms with Crippen molar-refractivity contribution in [1.82, 2.24) is 15.2 Å². The van der Waals surface area contributed by atoms with Crippen LogP contribution in [0.5, 0.6) is 0 Å². The number of carbonyl (C=O) groups excluding carboxylic acids is 1. The van der Waals surface area contributed by atoms with Gasteiger partial charge < -0.3 is 19.9 Å². The van der Waals surface area contributed by atoms with Gasteiger partial charge in [-0.2, -0.15) is 0 Å². The molecule has 0 unspecified atom stereocenters. The van der Waals surface area contributed by atoms with Gasteiger partial charge in [-0.05, 0) is 37.5 Å². The zero-order valence-electron chi connectivity index (χ0n) is 21.0. The Kier molecular flexibility index (Phi) is 10.0. The maximum atomic E-state index is 13.9. The lowest BCUT2D eigenvalue weighted by molar-refractivity contribution is -0.139. The van der Waals surface area contributed by atoms with Crippen LogP contribution in [0.1, 0.15) is 49.2 Å². The number of aliphatic carboxylic acids is 1. The molecule has 9 nitrogen and oxygen atoms in total. The molecule has 2 aromatic rings. The van der Waals surface area contributed by atoms with E-state index in [-0.39, 0.29) is 19.1 Å². The first-order valence-electron chi connectivity index (χ1n) is 12.5. The van der Waals surface area contributed by atoms with Crippen LogP contribution < -0.4 is 5.32 Å². The highest BCUT2D eigenvalue weighted by molar-refractivity contribution is 9.10. The number of carboxylic acid groups (broad SMARTS) is 1. The Labute approximate surface area is 232 Å². The van der Waals surface area contributed by atoms with E-state index in [1.165, 1.54) is 23.5 Å². The molecule has 1 fully saturated rings. The summed E-state index contributed by atoms with van der Waals surface area (Å²) < 4.78 is 25.8. The molecule has 38 heavy (non-hydrogen) atoms. The van der Waals surface area contributed by atoms with Crippen LogP contribution in [0, 0.1) is 5.82 Å². The smallest absolute Gasteiger partial charge is 0.338 e. The molecule has 2 atom stereocenters. The van der Waals surface area contributed by atoms with E-state index in [9.17, 15) is 14.0 Å². The maximum Gasteiger partial charge on any atom is 0.338 e. The van der Waals surface area contributed by atoms with E-state index in [0.717, 1.165) is 12.8 Å². The van der Waals surface area contributed by atoms with Gasteiger partial charge in [0.15, 0.2) is 10.8 Å². The Hall–Kier alpha value is -2.67. The van der Waals surface area contributed by atoms with Crippen LogP contribution in [-0.4, -0.2) is 71.7 Å². The third-order valence-electron chi connectivity index (χ3n) is 6.28. The van der Waals surface area contributed by atoms with Crippen LogP contribution in [0.4, 0.5) is 4.39 Å². The zero-order chi connectivity index (χ0) is 27.1. The molecule has 0 spiro atoms. The molecule has 12 heteroatoms. The number of hydrogen-bond acceptors (Lipinski definition) is 9. The number of nitrogens with one attached hydrogen (secondary N) is 1. The summed E-state index contributed by atoms with van der Waals surface area (Å²) in [7, 11) is 0. The minimum Gasteiger partial charge on any atom is -0.481 e. The summed E-state index contributed by atoms with van der Waals surface area (Å²) >= 11 is 4.88. The standard InChI is InChI=1S/C26H30BrFN4O5S/c1-2-36-26(35)22-20(15-32-10-11-37-17(14-32)5-3-4-6-21(33)34)30-24(25-29-9-12-38-25)31-23(22)18-8-7-16(28)13-19(18)27/h7-9,12-13,17,23H,2-6,10-11,14-15H2,1H3,(H,30,31)(H,33,34)/t17-,23-/m0/s1. The van der Waals surface area contributed by atoms with Gasteiger partial charge in [0, 0.05) is 47.8 Å². The summed E-state index contributed by atoms with van der Waals surface area (Å²) in [5, 5.41) is 14.7. The number of thiazole rings is 1. The molecule has 0 amide bonds. The van der Waals surface area contributed by atoms with Gasteiger partial charge in [0.05, 0.1) is 24.9 Å². The van der Waals surface area contributed by atoms with Crippen molar-refractivity contribution >= 4 is 45.0 Å². The van der Waals surface area contributed by atoms with Gasteiger partial charge in [0.25, 0.3) is 0 Å². The molecule has 2 aliphatic rings. The molecule has 2 aliphatic heterocycles. The molecule has 0 radical (unpaired) electrons. The molecule has 1 aromatic heterocycles. The van der Waals surface area contributed by atoms with Crippen LogP contribution in [0.25, 0.3) is 0 Å². The quantitative estimate of drug-likeness (QED) is 0.287. The number of esters is 1. The van der Waals surface area contributed by atoms with Gasteiger partial charge in [-0.25, -0.2) is 14.2 Å². The number of halogens is 2. The molecule has 4 rings (SSSR count). The van der Waals surface area contributed by atoms with Crippen molar-refractivity contribution in [2.45, 2.75) is 44.8 Å². The fourth-order valence-corrected chi connectivity index (χ4v) is 5.69. The van der Waals surface area contributed by atoms with Crippen LogP contribution >= 0.6 is 27.3 Å². The highest BCUT2D eigenvalue weighted by atomic mass is 79.9. The zero-order valence-corrected chi connectivity index (χ0v) is 23.4. The Balaban J connectivity index is 1.63. The van der Waals surface area contributed by atoms with E-state index in [1.807, 2.05) is 5.38 Å².